The molecule has 0 spiro atoms. The summed E-state index contributed by atoms with van der Waals surface area (Å²) < 4.78 is 0. The number of aryl methyl sites for hydroxylation is 2. The number of hydrogen-bond acceptors (Lipinski definition) is 2. The number of benzene rings is 2. The van der Waals surface area contributed by atoms with Crippen LogP contribution in [-0.2, 0) is 22.4 Å². The number of halogens is 1. The van der Waals surface area contributed by atoms with Crippen molar-refractivity contribution in [3.8, 4) is 0 Å². The number of fused-ring (bicyclic) bond motifs is 1. The maximum atomic E-state index is 12.6. The highest BCUT2D eigenvalue weighted by Gasteiger charge is 2.15. The Labute approximate surface area is 164 Å². The van der Waals surface area contributed by atoms with Gasteiger partial charge in [-0.05, 0) is 81.0 Å². The maximum absolute atomic E-state index is 12.6. The molecule has 2 aromatic rings. The predicted octanol–water partition coefficient (Wildman–Crippen LogP) is 5.13. The molecule has 140 valence electrons. The average molecular weight is 383 g/mol. The fraction of sp³-hybridized carbons (Fsp3) is 0.273. The highest BCUT2D eigenvalue weighted by atomic mass is 35.5. The lowest BCUT2D eigenvalue weighted by atomic mass is 9.91. The molecule has 0 bridgehead atoms. The SMILES string of the molecule is CC(C(=O)Nc1cccc(Cl)c1)=C(C)C(=O)Nc1ccc2c(c1)CCCC2. The number of nitrogens with one attached hydrogen (secondary N) is 2. The van der Waals surface area contributed by atoms with Crippen molar-refractivity contribution in [1.29, 1.82) is 0 Å². The lowest BCUT2D eigenvalue weighted by molar-refractivity contribution is -0.115. The Bertz CT molecular complexity index is 918. The Hall–Kier alpha value is -2.59. The molecule has 2 amide bonds. The fourth-order valence-corrected chi connectivity index (χ4v) is 3.36. The normalized spacial score (nSPS) is 14.0. The van der Waals surface area contributed by atoms with Crippen molar-refractivity contribution in [2.75, 3.05) is 10.6 Å². The lowest BCUT2D eigenvalue weighted by Gasteiger charge is -2.17. The molecule has 0 heterocycles. The third kappa shape index (κ3) is 4.77. The van der Waals surface area contributed by atoms with E-state index in [0.717, 1.165) is 18.5 Å². The summed E-state index contributed by atoms with van der Waals surface area (Å²) in [6.07, 6.45) is 4.56. The van der Waals surface area contributed by atoms with E-state index in [2.05, 4.69) is 16.7 Å². The van der Waals surface area contributed by atoms with Crippen molar-refractivity contribution in [3.05, 3.63) is 69.8 Å². The minimum absolute atomic E-state index is 0.274. The number of anilines is 2. The molecule has 2 N–H and O–H groups in total. The molecule has 4 nitrogen and oxygen atoms in total. The van der Waals surface area contributed by atoms with Crippen molar-refractivity contribution in [3.63, 3.8) is 0 Å². The van der Waals surface area contributed by atoms with Crippen molar-refractivity contribution in [1.82, 2.24) is 0 Å². The first-order valence-corrected chi connectivity index (χ1v) is 9.49. The van der Waals surface area contributed by atoms with Gasteiger partial charge in [-0.25, -0.2) is 0 Å². The van der Waals surface area contributed by atoms with E-state index in [0.29, 0.717) is 21.9 Å². The molecule has 0 aromatic heterocycles. The average Bonchev–Trinajstić information content (AvgIpc) is 2.66. The van der Waals surface area contributed by atoms with E-state index in [4.69, 9.17) is 11.6 Å². The third-order valence-electron chi connectivity index (χ3n) is 4.93. The van der Waals surface area contributed by atoms with E-state index in [1.54, 1.807) is 38.1 Å². The third-order valence-corrected chi connectivity index (χ3v) is 5.17. The van der Waals surface area contributed by atoms with Crippen LogP contribution in [0.4, 0.5) is 11.4 Å². The summed E-state index contributed by atoms with van der Waals surface area (Å²) >= 11 is 5.93. The zero-order valence-corrected chi connectivity index (χ0v) is 16.3. The van der Waals surface area contributed by atoms with Gasteiger partial charge >= 0.3 is 0 Å². The standard InChI is InChI=1S/C22H23ClN2O2/c1-14(21(26)24-19-9-5-8-18(23)13-19)15(2)22(27)25-20-11-10-16-6-3-4-7-17(16)12-20/h5,8-13H,3-4,6-7H2,1-2H3,(H,24,26)(H,25,27). The molecule has 2 aromatic carbocycles. The summed E-state index contributed by atoms with van der Waals surface area (Å²) in [5.41, 5.74) is 4.77. The van der Waals surface area contributed by atoms with Crippen LogP contribution in [0.15, 0.2) is 53.6 Å². The van der Waals surface area contributed by atoms with Crippen molar-refractivity contribution in [2.45, 2.75) is 39.5 Å². The van der Waals surface area contributed by atoms with E-state index in [1.807, 2.05) is 12.1 Å². The van der Waals surface area contributed by atoms with Crippen molar-refractivity contribution in [2.24, 2.45) is 0 Å². The minimum Gasteiger partial charge on any atom is -0.322 e. The molecular weight excluding hydrogens is 360 g/mol. The van der Waals surface area contributed by atoms with E-state index < -0.39 is 0 Å². The van der Waals surface area contributed by atoms with Gasteiger partial charge in [-0.3, -0.25) is 9.59 Å². The van der Waals surface area contributed by atoms with Gasteiger partial charge in [-0.1, -0.05) is 23.7 Å². The second-order valence-corrected chi connectivity index (χ2v) is 7.30. The number of carbonyl (C=O) groups excluding carboxylic acids is 2. The number of amides is 2. The Morgan fingerprint density at radius 1 is 0.815 bits per heavy atom. The van der Waals surface area contributed by atoms with E-state index >= 15 is 0 Å². The molecule has 1 aliphatic carbocycles. The van der Waals surface area contributed by atoms with Gasteiger partial charge < -0.3 is 10.6 Å². The van der Waals surface area contributed by atoms with Crippen molar-refractivity contribution < 1.29 is 9.59 Å². The van der Waals surface area contributed by atoms with Crippen LogP contribution in [0.25, 0.3) is 0 Å². The van der Waals surface area contributed by atoms with E-state index in [1.165, 1.54) is 24.0 Å². The van der Waals surface area contributed by atoms with Crippen LogP contribution in [-0.4, -0.2) is 11.8 Å². The second-order valence-electron chi connectivity index (χ2n) is 6.86. The molecule has 0 unspecified atom stereocenters. The quantitative estimate of drug-likeness (QED) is 0.720. The first-order chi connectivity index (χ1) is 12.9. The molecule has 0 fully saturated rings. The largest absolute Gasteiger partial charge is 0.322 e. The summed E-state index contributed by atoms with van der Waals surface area (Å²) in [4.78, 5) is 25.0. The maximum Gasteiger partial charge on any atom is 0.251 e. The van der Waals surface area contributed by atoms with Crippen molar-refractivity contribution >= 4 is 34.8 Å². The molecule has 5 heteroatoms. The van der Waals surface area contributed by atoms with Crippen LogP contribution < -0.4 is 10.6 Å². The van der Waals surface area contributed by atoms with E-state index in [-0.39, 0.29) is 11.8 Å². The Morgan fingerprint density at radius 3 is 2.04 bits per heavy atom. The number of rotatable bonds is 4. The number of carbonyl (C=O) groups is 2. The molecule has 3 rings (SSSR count). The molecule has 0 saturated carbocycles. The van der Waals surface area contributed by atoms with Gasteiger partial charge in [0.1, 0.15) is 0 Å². The van der Waals surface area contributed by atoms with Crippen LogP contribution >= 0.6 is 11.6 Å². The zero-order chi connectivity index (χ0) is 19.4. The van der Waals surface area contributed by atoms with Gasteiger partial charge in [-0.2, -0.15) is 0 Å². The monoisotopic (exact) mass is 382 g/mol. The Kier molecular flexibility index (Phi) is 5.97. The molecule has 0 aliphatic heterocycles. The van der Waals surface area contributed by atoms with Gasteiger partial charge in [-0.15, -0.1) is 0 Å². The van der Waals surface area contributed by atoms with Crippen LogP contribution in [0.2, 0.25) is 5.02 Å². The highest BCUT2D eigenvalue weighted by molar-refractivity contribution is 6.31. The summed E-state index contributed by atoms with van der Waals surface area (Å²) in [6.45, 7) is 3.29. The summed E-state index contributed by atoms with van der Waals surface area (Å²) in [5.74, 6) is -0.597. The highest BCUT2D eigenvalue weighted by Crippen LogP contribution is 2.24. The molecule has 0 atom stereocenters. The Morgan fingerprint density at radius 2 is 1.41 bits per heavy atom. The van der Waals surface area contributed by atoms with Gasteiger partial charge in [0.25, 0.3) is 11.8 Å². The summed E-state index contributed by atoms with van der Waals surface area (Å²) in [6, 6.07) is 13.0. The summed E-state index contributed by atoms with van der Waals surface area (Å²) in [5, 5.41) is 6.20. The van der Waals surface area contributed by atoms with Crippen LogP contribution in [0, 0.1) is 0 Å². The molecule has 0 saturated heterocycles. The second kappa shape index (κ2) is 8.40. The van der Waals surface area contributed by atoms with Gasteiger partial charge in [0, 0.05) is 27.5 Å². The van der Waals surface area contributed by atoms with Crippen LogP contribution in [0.5, 0.6) is 0 Å². The fourth-order valence-electron chi connectivity index (χ4n) is 3.17. The van der Waals surface area contributed by atoms with Gasteiger partial charge in [0.15, 0.2) is 0 Å². The molecule has 0 radical (unpaired) electrons. The first kappa shape index (κ1) is 19.2. The Balaban J connectivity index is 1.70. The molecular formula is C22H23ClN2O2. The molecule has 1 aliphatic rings. The topological polar surface area (TPSA) is 58.2 Å². The zero-order valence-electron chi connectivity index (χ0n) is 15.6. The number of hydrogen-bond donors (Lipinski definition) is 2. The van der Waals surface area contributed by atoms with Gasteiger partial charge in [0.2, 0.25) is 0 Å². The van der Waals surface area contributed by atoms with Crippen LogP contribution in [0.3, 0.4) is 0 Å². The smallest absolute Gasteiger partial charge is 0.251 e. The minimum atomic E-state index is -0.324. The molecule has 27 heavy (non-hydrogen) atoms. The van der Waals surface area contributed by atoms with Crippen LogP contribution in [0.1, 0.15) is 37.8 Å². The first-order valence-electron chi connectivity index (χ1n) is 9.11. The van der Waals surface area contributed by atoms with Gasteiger partial charge in [0.05, 0.1) is 0 Å². The predicted molar refractivity (Wildman–Crippen MR) is 110 cm³/mol. The van der Waals surface area contributed by atoms with E-state index in [9.17, 15) is 9.59 Å². The lowest BCUT2D eigenvalue weighted by Crippen LogP contribution is -2.20. The summed E-state index contributed by atoms with van der Waals surface area (Å²) in [7, 11) is 0.